The maximum atomic E-state index is 12.6. The number of unbranched alkanes of at least 4 members (excludes halogenated alkanes) is 1. The Morgan fingerprint density at radius 2 is 1.69 bits per heavy atom. The number of aromatic nitrogens is 1. The molecule has 2 rings (SSSR count). The number of amides is 2. The van der Waals surface area contributed by atoms with E-state index in [2.05, 4.69) is 15.3 Å². The van der Waals surface area contributed by atoms with Crippen LogP contribution in [0.5, 0.6) is 0 Å². The molecule has 1 unspecified atom stereocenters. The maximum absolute atomic E-state index is 12.6. The Labute approximate surface area is 213 Å². The summed E-state index contributed by atoms with van der Waals surface area (Å²) in [6, 6.07) is 7.00. The fraction of sp³-hybridized carbons (Fsp3) is 0.556. The normalized spacial score (nSPS) is 13.4. The Morgan fingerprint density at radius 3 is 2.33 bits per heavy atom. The van der Waals surface area contributed by atoms with Crippen LogP contribution in [0.3, 0.4) is 0 Å². The molecule has 2 aromatic rings. The molecule has 4 N–H and O–H groups in total. The van der Waals surface area contributed by atoms with Crippen LogP contribution in [-0.4, -0.2) is 46.5 Å². The lowest BCUT2D eigenvalue weighted by Crippen LogP contribution is -2.25. The molecule has 0 fully saturated rings. The van der Waals surface area contributed by atoms with Gasteiger partial charge in [-0.1, -0.05) is 19.8 Å². The molecule has 1 atom stereocenters. The number of nitrogens with two attached hydrogens (primary N) is 1. The van der Waals surface area contributed by atoms with Crippen LogP contribution in [0.15, 0.2) is 29.3 Å². The van der Waals surface area contributed by atoms with E-state index in [9.17, 15) is 14.4 Å². The Morgan fingerprint density at radius 1 is 1.03 bits per heavy atom. The fourth-order valence-electron chi connectivity index (χ4n) is 3.55. The highest BCUT2D eigenvalue weighted by molar-refractivity contribution is 6.06. The molecule has 36 heavy (non-hydrogen) atoms. The van der Waals surface area contributed by atoms with Gasteiger partial charge in [-0.25, -0.2) is 4.79 Å². The first-order valence-electron chi connectivity index (χ1n) is 12.3. The Bertz CT molecular complexity index is 1110. The summed E-state index contributed by atoms with van der Waals surface area (Å²) in [6.45, 7) is 13.4. The number of ether oxygens (including phenoxy) is 2. The average molecular weight is 501 g/mol. The third kappa shape index (κ3) is 10.1. The zero-order chi connectivity index (χ0) is 27.1. The monoisotopic (exact) mass is 500 g/mol. The number of amidine groups is 1. The molecule has 1 heterocycles. The highest BCUT2D eigenvalue weighted by atomic mass is 16.6. The number of H-pyrrole nitrogens is 1. The minimum Gasteiger partial charge on any atom is -0.460 e. The van der Waals surface area contributed by atoms with Gasteiger partial charge in [0.05, 0.1) is 0 Å². The van der Waals surface area contributed by atoms with Gasteiger partial charge in [0.15, 0.2) is 0 Å². The Balaban J connectivity index is 1.84. The molecule has 9 heteroatoms. The van der Waals surface area contributed by atoms with Crippen LogP contribution in [0.4, 0.5) is 4.79 Å². The Kier molecular flexibility index (Phi) is 9.67. The second-order valence-corrected chi connectivity index (χ2v) is 11.1. The summed E-state index contributed by atoms with van der Waals surface area (Å²) in [7, 11) is 0. The predicted molar refractivity (Wildman–Crippen MR) is 141 cm³/mol. The lowest BCUT2D eigenvalue weighted by Gasteiger charge is -2.20. The summed E-state index contributed by atoms with van der Waals surface area (Å²) < 4.78 is 10.5. The van der Waals surface area contributed by atoms with E-state index in [-0.39, 0.29) is 23.6 Å². The van der Waals surface area contributed by atoms with Crippen molar-refractivity contribution in [3.05, 3.63) is 35.5 Å². The first kappa shape index (κ1) is 28.9. The molecule has 9 nitrogen and oxygen atoms in total. The first-order valence-corrected chi connectivity index (χ1v) is 12.3. The largest absolute Gasteiger partial charge is 0.460 e. The second kappa shape index (κ2) is 12.1. The number of benzene rings is 1. The molecule has 0 bridgehead atoms. The van der Waals surface area contributed by atoms with Crippen molar-refractivity contribution >= 4 is 34.7 Å². The topological polar surface area (TPSA) is 136 Å². The number of rotatable bonds is 9. The van der Waals surface area contributed by atoms with Crippen LogP contribution in [0.2, 0.25) is 0 Å². The summed E-state index contributed by atoms with van der Waals surface area (Å²) in [6.07, 6.45) is 2.24. The van der Waals surface area contributed by atoms with Crippen molar-refractivity contribution in [2.24, 2.45) is 16.6 Å². The molecule has 1 aromatic carbocycles. The summed E-state index contributed by atoms with van der Waals surface area (Å²) in [5.74, 6) is -0.114. The molecule has 0 saturated carbocycles. The third-order valence-corrected chi connectivity index (χ3v) is 5.11. The number of nitrogens with zero attached hydrogens (tertiary/aromatic N) is 1. The van der Waals surface area contributed by atoms with Crippen molar-refractivity contribution in [2.75, 3.05) is 6.54 Å². The molecule has 0 saturated heterocycles. The number of hydrogen-bond donors (Lipinski definition) is 3. The zero-order valence-electron chi connectivity index (χ0n) is 22.5. The number of fused-ring (bicyclic) bond motifs is 1. The van der Waals surface area contributed by atoms with E-state index < -0.39 is 17.3 Å². The van der Waals surface area contributed by atoms with E-state index in [4.69, 9.17) is 15.2 Å². The number of carbonyl (C=O) groups is 3. The van der Waals surface area contributed by atoms with Crippen molar-refractivity contribution in [2.45, 2.75) is 85.4 Å². The van der Waals surface area contributed by atoms with Gasteiger partial charge in [-0.15, -0.1) is 0 Å². The number of nitrogens with one attached hydrogen (secondary N) is 2. The molecule has 0 spiro atoms. The predicted octanol–water partition coefficient (Wildman–Crippen LogP) is 5.08. The lowest BCUT2D eigenvalue weighted by molar-refractivity contribution is -0.155. The minimum atomic E-state index is -0.756. The van der Waals surface area contributed by atoms with E-state index in [1.165, 1.54) is 0 Å². The van der Waals surface area contributed by atoms with E-state index in [0.29, 0.717) is 24.2 Å². The van der Waals surface area contributed by atoms with Gasteiger partial charge in [-0.05, 0) is 78.1 Å². The van der Waals surface area contributed by atoms with Gasteiger partial charge in [0, 0.05) is 29.4 Å². The van der Waals surface area contributed by atoms with Gasteiger partial charge in [-0.3, -0.25) is 9.59 Å². The van der Waals surface area contributed by atoms with E-state index >= 15 is 0 Å². The van der Waals surface area contributed by atoms with Gasteiger partial charge >= 0.3 is 12.1 Å². The number of carbonyl (C=O) groups excluding carboxylic acids is 3. The van der Waals surface area contributed by atoms with Crippen LogP contribution in [0, 0.1) is 5.92 Å². The van der Waals surface area contributed by atoms with Crippen LogP contribution in [-0.2, 0) is 14.3 Å². The van der Waals surface area contributed by atoms with Crippen LogP contribution < -0.4 is 11.1 Å². The Hall–Kier alpha value is -3.36. The molecule has 198 valence electrons. The molecule has 2 amide bonds. The molecule has 0 radical (unpaired) electrons. The van der Waals surface area contributed by atoms with Gasteiger partial charge in [0.1, 0.15) is 22.7 Å². The SMILES string of the molecule is CC(CCCCNC(=O)c1cc2cc(/C(N)=N\C(=O)OC(C)(C)C)ccc2[nH]1)CC(=O)OC(C)(C)C. The van der Waals surface area contributed by atoms with Crippen LogP contribution in [0.25, 0.3) is 10.9 Å². The fourth-order valence-corrected chi connectivity index (χ4v) is 3.55. The van der Waals surface area contributed by atoms with Gasteiger partial charge in [-0.2, -0.15) is 4.99 Å². The number of esters is 1. The average Bonchev–Trinajstić information content (AvgIpc) is 3.13. The number of hydrogen-bond acceptors (Lipinski definition) is 5. The molecule has 0 aliphatic rings. The minimum absolute atomic E-state index is 0.0410. The zero-order valence-corrected chi connectivity index (χ0v) is 22.5. The number of aliphatic imine (C=N–C) groups is 1. The smallest absolute Gasteiger partial charge is 0.436 e. The summed E-state index contributed by atoms with van der Waals surface area (Å²) in [5, 5.41) is 3.69. The van der Waals surface area contributed by atoms with Gasteiger partial charge in [0.2, 0.25) is 0 Å². The molecule has 0 aliphatic heterocycles. The summed E-state index contributed by atoms with van der Waals surface area (Å²) in [4.78, 5) is 43.3. The molecular formula is C27H40N4O5. The van der Waals surface area contributed by atoms with Crippen molar-refractivity contribution < 1.29 is 23.9 Å². The van der Waals surface area contributed by atoms with E-state index in [0.717, 1.165) is 30.2 Å². The molecular weight excluding hydrogens is 460 g/mol. The van der Waals surface area contributed by atoms with Crippen molar-refractivity contribution in [1.29, 1.82) is 0 Å². The number of aromatic amines is 1. The second-order valence-electron chi connectivity index (χ2n) is 11.1. The van der Waals surface area contributed by atoms with Crippen molar-refractivity contribution in [3.8, 4) is 0 Å². The van der Waals surface area contributed by atoms with Crippen LogP contribution >= 0.6 is 0 Å². The maximum Gasteiger partial charge on any atom is 0.436 e. The third-order valence-electron chi connectivity index (χ3n) is 5.11. The molecule has 1 aromatic heterocycles. The van der Waals surface area contributed by atoms with E-state index in [1.807, 2.05) is 27.7 Å². The van der Waals surface area contributed by atoms with Crippen LogP contribution in [0.1, 0.15) is 90.2 Å². The summed E-state index contributed by atoms with van der Waals surface area (Å²) >= 11 is 0. The van der Waals surface area contributed by atoms with Crippen molar-refractivity contribution in [1.82, 2.24) is 10.3 Å². The summed E-state index contributed by atoms with van der Waals surface area (Å²) in [5.41, 5.74) is 6.61. The molecule has 0 aliphatic carbocycles. The van der Waals surface area contributed by atoms with E-state index in [1.54, 1.807) is 45.0 Å². The highest BCUT2D eigenvalue weighted by Gasteiger charge is 2.19. The lowest BCUT2D eigenvalue weighted by atomic mass is 10.0. The van der Waals surface area contributed by atoms with Gasteiger partial charge in [0.25, 0.3) is 5.91 Å². The quantitative estimate of drug-likeness (QED) is 0.190. The highest BCUT2D eigenvalue weighted by Crippen LogP contribution is 2.19. The van der Waals surface area contributed by atoms with Gasteiger partial charge < -0.3 is 25.5 Å². The van der Waals surface area contributed by atoms with Crippen molar-refractivity contribution in [3.63, 3.8) is 0 Å². The first-order chi connectivity index (χ1) is 16.6. The standard InChI is InChI=1S/C27H40N4O5/c1-17(14-22(32)35-26(2,3)4)10-8-9-13-29-24(33)21-16-19-15-18(11-12-20(19)30-21)23(28)31-25(34)36-27(5,6)7/h11-12,15-17,30H,8-10,13-14H2,1-7H3,(H,29,33)(H2,28,31,34).